The molecule has 194 valence electrons. The Morgan fingerprint density at radius 3 is 2.25 bits per heavy atom. The summed E-state index contributed by atoms with van der Waals surface area (Å²) in [5.74, 6) is 0.676. The average Bonchev–Trinajstić information content (AvgIpc) is 3.30. The molecular weight excluding hydrogens is 452 g/mol. The van der Waals surface area contributed by atoms with E-state index in [0.717, 1.165) is 68.4 Å². The summed E-state index contributed by atoms with van der Waals surface area (Å²) >= 11 is 0. The monoisotopic (exact) mass is 492 g/mol. The lowest BCUT2D eigenvalue weighted by molar-refractivity contribution is -0.136. The highest BCUT2D eigenvalue weighted by Crippen LogP contribution is 2.36. The molecule has 0 unspecified atom stereocenters. The van der Waals surface area contributed by atoms with Crippen LogP contribution in [-0.2, 0) is 11.3 Å². The largest absolute Gasteiger partial charge is 0.497 e. The summed E-state index contributed by atoms with van der Waals surface area (Å²) < 4.78 is 7.05. The summed E-state index contributed by atoms with van der Waals surface area (Å²) in [6, 6.07) is 9.87. The molecule has 2 heterocycles. The Labute approximate surface area is 214 Å². The van der Waals surface area contributed by atoms with Crippen molar-refractivity contribution < 1.29 is 14.3 Å². The molecule has 36 heavy (non-hydrogen) atoms. The van der Waals surface area contributed by atoms with Gasteiger partial charge in [-0.15, -0.1) is 0 Å². The fourth-order valence-electron chi connectivity index (χ4n) is 6.36. The lowest BCUT2D eigenvalue weighted by atomic mass is 9.86. The molecule has 0 spiro atoms. The molecule has 1 aromatic carbocycles. The fourth-order valence-corrected chi connectivity index (χ4v) is 6.36. The number of rotatable bonds is 5. The third-order valence-electron chi connectivity index (χ3n) is 8.46. The molecule has 7 heteroatoms. The van der Waals surface area contributed by atoms with Crippen molar-refractivity contribution in [1.82, 2.24) is 20.0 Å². The zero-order valence-corrected chi connectivity index (χ0v) is 21.8. The van der Waals surface area contributed by atoms with Gasteiger partial charge in [0.2, 0.25) is 5.91 Å². The predicted molar refractivity (Wildman–Crippen MR) is 140 cm³/mol. The number of fused-ring (bicyclic) bond motifs is 1. The molecule has 0 saturated heterocycles. The summed E-state index contributed by atoms with van der Waals surface area (Å²) in [6.45, 7) is 2.33. The number of benzene rings is 1. The van der Waals surface area contributed by atoms with E-state index in [2.05, 4.69) is 5.32 Å². The number of carbonyl (C=O) groups excluding carboxylic acids is 2. The van der Waals surface area contributed by atoms with Crippen LogP contribution in [0, 0.1) is 0 Å². The maximum atomic E-state index is 14.0. The van der Waals surface area contributed by atoms with Crippen LogP contribution in [0.4, 0.5) is 0 Å². The number of methoxy groups -OCH3 is 1. The molecular formula is C29H40N4O3. The predicted octanol–water partition coefficient (Wildman–Crippen LogP) is 5.34. The van der Waals surface area contributed by atoms with Crippen LogP contribution in [0.15, 0.2) is 30.3 Å². The number of nitrogens with zero attached hydrogens (tertiary/aromatic N) is 3. The fraction of sp³-hybridized carbons (Fsp3) is 0.621. The van der Waals surface area contributed by atoms with Gasteiger partial charge in [-0.2, -0.15) is 5.10 Å². The van der Waals surface area contributed by atoms with Crippen molar-refractivity contribution in [2.75, 3.05) is 7.11 Å². The first-order valence-corrected chi connectivity index (χ1v) is 13.9. The number of ether oxygens (including phenoxy) is 1. The molecule has 1 atom stereocenters. The quantitative estimate of drug-likeness (QED) is 0.612. The zero-order valence-electron chi connectivity index (χ0n) is 21.8. The topological polar surface area (TPSA) is 76.5 Å². The van der Waals surface area contributed by atoms with Gasteiger partial charge < -0.3 is 15.0 Å². The van der Waals surface area contributed by atoms with Gasteiger partial charge in [0, 0.05) is 17.6 Å². The summed E-state index contributed by atoms with van der Waals surface area (Å²) in [4.78, 5) is 30.0. The van der Waals surface area contributed by atoms with Crippen molar-refractivity contribution in [3.63, 3.8) is 0 Å². The Morgan fingerprint density at radius 1 is 0.972 bits per heavy atom. The Balaban J connectivity index is 1.46. The Hall–Kier alpha value is -2.83. The molecule has 1 aliphatic heterocycles. The molecule has 2 saturated carbocycles. The highest BCUT2D eigenvalue weighted by molar-refractivity contribution is 6.00. The summed E-state index contributed by atoms with van der Waals surface area (Å²) in [6.07, 6.45) is 13.4. The van der Waals surface area contributed by atoms with Gasteiger partial charge in [0.25, 0.3) is 5.91 Å². The number of amides is 2. The van der Waals surface area contributed by atoms with Crippen molar-refractivity contribution >= 4 is 11.8 Å². The van der Waals surface area contributed by atoms with Gasteiger partial charge in [-0.1, -0.05) is 51.4 Å². The number of hydrogen-bond donors (Lipinski definition) is 1. The maximum absolute atomic E-state index is 14.0. The Morgan fingerprint density at radius 2 is 1.58 bits per heavy atom. The lowest BCUT2D eigenvalue weighted by Crippen LogP contribution is -2.67. The van der Waals surface area contributed by atoms with Gasteiger partial charge >= 0.3 is 0 Å². The van der Waals surface area contributed by atoms with E-state index in [1.165, 1.54) is 25.7 Å². The van der Waals surface area contributed by atoms with Crippen LogP contribution in [0.1, 0.15) is 94.5 Å². The van der Waals surface area contributed by atoms with Crippen molar-refractivity contribution in [3.8, 4) is 17.0 Å². The van der Waals surface area contributed by atoms with Crippen LogP contribution in [-0.4, -0.2) is 51.2 Å². The Bertz CT molecular complexity index is 1060. The standard InChI is InChI=1S/C29H40N4O3/c1-29(28(35)30-22-11-7-4-3-5-8-12-22)20-32-26(27(34)33(29)23-13-9-6-10-14-23)19-25(31-32)21-15-17-24(36-2)18-16-21/h15-19,22-23H,3-14,20H2,1-2H3,(H,30,35)/t29-/m0/s1. The molecule has 3 aliphatic rings. The second kappa shape index (κ2) is 10.7. The molecule has 1 N–H and O–H groups in total. The minimum Gasteiger partial charge on any atom is -0.497 e. The summed E-state index contributed by atoms with van der Waals surface area (Å²) in [5, 5.41) is 8.19. The van der Waals surface area contributed by atoms with E-state index in [9.17, 15) is 9.59 Å². The highest BCUT2D eigenvalue weighted by Gasteiger charge is 2.51. The number of carbonyl (C=O) groups is 2. The second-order valence-corrected chi connectivity index (χ2v) is 11.1. The molecule has 5 rings (SSSR count). The van der Waals surface area contributed by atoms with Crippen LogP contribution in [0.3, 0.4) is 0 Å². The molecule has 2 fully saturated rings. The molecule has 0 bridgehead atoms. The highest BCUT2D eigenvalue weighted by atomic mass is 16.5. The van der Waals surface area contributed by atoms with Crippen LogP contribution in [0.2, 0.25) is 0 Å². The molecule has 0 radical (unpaired) electrons. The van der Waals surface area contributed by atoms with Crippen molar-refractivity contribution in [1.29, 1.82) is 0 Å². The van der Waals surface area contributed by atoms with Crippen LogP contribution in [0.25, 0.3) is 11.3 Å². The van der Waals surface area contributed by atoms with Gasteiger partial charge in [0.1, 0.15) is 17.0 Å². The van der Waals surface area contributed by atoms with Crippen LogP contribution in [0.5, 0.6) is 5.75 Å². The zero-order chi connectivity index (χ0) is 25.1. The van der Waals surface area contributed by atoms with Crippen molar-refractivity contribution in [2.24, 2.45) is 0 Å². The normalized spacial score (nSPS) is 24.1. The molecule has 2 aromatic rings. The van der Waals surface area contributed by atoms with E-state index >= 15 is 0 Å². The van der Waals surface area contributed by atoms with Gasteiger partial charge in [-0.25, -0.2) is 0 Å². The third-order valence-corrected chi connectivity index (χ3v) is 8.46. The number of aromatic nitrogens is 2. The van der Waals surface area contributed by atoms with Gasteiger partial charge in [0.15, 0.2) is 0 Å². The van der Waals surface area contributed by atoms with Crippen molar-refractivity contribution in [2.45, 2.75) is 108 Å². The van der Waals surface area contributed by atoms with Crippen LogP contribution < -0.4 is 10.1 Å². The second-order valence-electron chi connectivity index (χ2n) is 11.1. The van der Waals surface area contributed by atoms with Gasteiger partial charge in [-0.05, 0) is 62.9 Å². The van der Waals surface area contributed by atoms with Crippen molar-refractivity contribution in [3.05, 3.63) is 36.0 Å². The third kappa shape index (κ3) is 4.89. The summed E-state index contributed by atoms with van der Waals surface area (Å²) in [5.41, 5.74) is 1.28. The van der Waals surface area contributed by atoms with Crippen LogP contribution >= 0.6 is 0 Å². The van der Waals surface area contributed by atoms with E-state index in [-0.39, 0.29) is 23.9 Å². The molecule has 1 aromatic heterocycles. The smallest absolute Gasteiger partial charge is 0.273 e. The van der Waals surface area contributed by atoms with Gasteiger partial charge in [0.05, 0.1) is 19.3 Å². The van der Waals surface area contributed by atoms with E-state index in [4.69, 9.17) is 9.84 Å². The maximum Gasteiger partial charge on any atom is 0.273 e. The first kappa shape index (κ1) is 24.8. The average molecular weight is 493 g/mol. The molecule has 7 nitrogen and oxygen atoms in total. The van der Waals surface area contributed by atoms with Gasteiger partial charge in [-0.3, -0.25) is 14.3 Å². The first-order valence-electron chi connectivity index (χ1n) is 13.9. The van der Waals surface area contributed by atoms with E-state index in [0.29, 0.717) is 12.2 Å². The number of nitrogens with one attached hydrogen (secondary N) is 1. The molecule has 2 aliphatic carbocycles. The SMILES string of the molecule is COc1ccc(-c2cc3n(n2)C[C@@](C)(C(=O)NC2CCCCCCC2)N(C2CCCCC2)C3=O)cc1. The number of hydrogen-bond acceptors (Lipinski definition) is 4. The summed E-state index contributed by atoms with van der Waals surface area (Å²) in [7, 11) is 1.64. The molecule has 2 amide bonds. The minimum atomic E-state index is -0.961. The van der Waals surface area contributed by atoms with E-state index in [1.54, 1.807) is 11.8 Å². The minimum absolute atomic E-state index is 0.0286. The lowest BCUT2D eigenvalue weighted by Gasteiger charge is -2.48. The van der Waals surface area contributed by atoms with E-state index in [1.807, 2.05) is 42.2 Å². The Kier molecular flexibility index (Phi) is 7.35. The van der Waals surface area contributed by atoms with E-state index < -0.39 is 5.54 Å². The first-order chi connectivity index (χ1) is 17.5.